The summed E-state index contributed by atoms with van der Waals surface area (Å²) in [4.78, 5) is 5.71. The molecule has 0 unspecified atom stereocenters. The van der Waals surface area contributed by atoms with Crippen LogP contribution in [0.15, 0.2) is 6.20 Å². The fourth-order valence-electron chi connectivity index (χ4n) is 1.00. The van der Waals surface area contributed by atoms with Crippen LogP contribution in [0.25, 0.3) is 0 Å². The average Bonchev–Trinajstić information content (AvgIpc) is 2.51. The van der Waals surface area contributed by atoms with E-state index >= 15 is 0 Å². The summed E-state index contributed by atoms with van der Waals surface area (Å²) in [5.74, 6) is 0. The first kappa shape index (κ1) is 11.5. The number of nitrogens with zero attached hydrogens (tertiary/aromatic N) is 1. The highest BCUT2D eigenvalue weighted by Crippen LogP contribution is 2.30. The minimum Gasteiger partial charge on any atom is -0.359 e. The van der Waals surface area contributed by atoms with Crippen molar-refractivity contribution in [3.63, 3.8) is 0 Å². The highest BCUT2D eigenvalue weighted by Gasteiger charge is 2.17. The maximum Gasteiger partial charge on any atom is 0.183 e. The van der Waals surface area contributed by atoms with Crippen LogP contribution < -0.4 is 5.32 Å². The first-order valence-electron chi connectivity index (χ1n) is 5.16. The number of rotatable bonds is 3. The molecular formula is C11H20N2S. The number of aromatic nitrogens is 1. The van der Waals surface area contributed by atoms with E-state index in [9.17, 15) is 0 Å². The summed E-state index contributed by atoms with van der Waals surface area (Å²) in [6.45, 7) is 11.0. The monoisotopic (exact) mass is 212 g/mol. The Bertz CT molecular complexity index is 286. The Labute approximate surface area is 90.8 Å². The Morgan fingerprint density at radius 3 is 2.57 bits per heavy atom. The predicted molar refractivity (Wildman–Crippen MR) is 64.2 cm³/mol. The maximum absolute atomic E-state index is 4.38. The largest absolute Gasteiger partial charge is 0.359 e. The number of nitrogens with one attached hydrogen (secondary N) is 1. The molecule has 0 aliphatic carbocycles. The van der Waals surface area contributed by atoms with Crippen molar-refractivity contribution in [3.8, 4) is 0 Å². The van der Waals surface area contributed by atoms with E-state index in [1.807, 2.05) is 6.20 Å². The highest BCUT2D eigenvalue weighted by molar-refractivity contribution is 7.15. The first-order chi connectivity index (χ1) is 6.43. The summed E-state index contributed by atoms with van der Waals surface area (Å²) in [6, 6.07) is 0.508. The van der Waals surface area contributed by atoms with Gasteiger partial charge in [-0.25, -0.2) is 4.98 Å². The predicted octanol–water partition coefficient (Wildman–Crippen LogP) is 3.65. The second kappa shape index (κ2) is 4.30. The van der Waals surface area contributed by atoms with Crippen LogP contribution in [0, 0.1) is 0 Å². The zero-order valence-electron chi connectivity index (χ0n) is 9.72. The molecule has 80 valence electrons. The standard InChI is InChI=1S/C11H20N2S/c1-6-8(2)13-10-12-7-9(14-10)11(3,4)5/h7-8H,6H2,1-5H3,(H,12,13)/t8-/m1/s1. The molecule has 1 atom stereocenters. The van der Waals surface area contributed by atoms with Crippen LogP contribution in [0.4, 0.5) is 5.13 Å². The van der Waals surface area contributed by atoms with Crippen LogP contribution in [0.1, 0.15) is 45.9 Å². The van der Waals surface area contributed by atoms with E-state index in [0.717, 1.165) is 11.6 Å². The molecule has 0 fully saturated rings. The fraction of sp³-hybridized carbons (Fsp3) is 0.727. The van der Waals surface area contributed by atoms with Gasteiger partial charge in [0.1, 0.15) is 0 Å². The van der Waals surface area contributed by atoms with E-state index < -0.39 is 0 Å². The summed E-state index contributed by atoms with van der Waals surface area (Å²) in [5.41, 5.74) is 0.215. The number of hydrogen-bond donors (Lipinski definition) is 1. The molecule has 0 aliphatic heterocycles. The summed E-state index contributed by atoms with van der Waals surface area (Å²) >= 11 is 1.76. The fourth-order valence-corrected chi connectivity index (χ4v) is 1.99. The van der Waals surface area contributed by atoms with E-state index in [0.29, 0.717) is 6.04 Å². The molecule has 14 heavy (non-hydrogen) atoms. The highest BCUT2D eigenvalue weighted by atomic mass is 32.1. The van der Waals surface area contributed by atoms with Gasteiger partial charge in [0.25, 0.3) is 0 Å². The van der Waals surface area contributed by atoms with Gasteiger partial charge in [0.2, 0.25) is 0 Å². The van der Waals surface area contributed by atoms with Gasteiger partial charge in [0.05, 0.1) is 0 Å². The Balaban J connectivity index is 2.69. The Hall–Kier alpha value is -0.570. The minimum atomic E-state index is 0.215. The summed E-state index contributed by atoms with van der Waals surface area (Å²) in [5, 5.41) is 4.44. The normalized spacial score (nSPS) is 14.1. The van der Waals surface area contributed by atoms with Gasteiger partial charge in [0, 0.05) is 17.1 Å². The average molecular weight is 212 g/mol. The topological polar surface area (TPSA) is 24.9 Å². The van der Waals surface area contributed by atoms with Crippen molar-refractivity contribution in [3.05, 3.63) is 11.1 Å². The van der Waals surface area contributed by atoms with Gasteiger partial charge >= 0.3 is 0 Å². The zero-order valence-corrected chi connectivity index (χ0v) is 10.5. The number of thiazole rings is 1. The lowest BCUT2D eigenvalue weighted by atomic mass is 9.96. The maximum atomic E-state index is 4.38. The van der Waals surface area contributed by atoms with Crippen molar-refractivity contribution in [2.75, 3.05) is 5.32 Å². The molecule has 0 amide bonds. The molecule has 0 saturated carbocycles. The Morgan fingerprint density at radius 1 is 1.50 bits per heavy atom. The molecule has 0 radical (unpaired) electrons. The Kier molecular flexibility index (Phi) is 3.53. The van der Waals surface area contributed by atoms with Gasteiger partial charge in [0.15, 0.2) is 5.13 Å². The summed E-state index contributed by atoms with van der Waals surface area (Å²) in [6.07, 6.45) is 3.11. The molecule has 1 aromatic rings. The van der Waals surface area contributed by atoms with Gasteiger partial charge in [-0.2, -0.15) is 0 Å². The molecular weight excluding hydrogens is 192 g/mol. The molecule has 0 aliphatic rings. The van der Waals surface area contributed by atoms with Crippen LogP contribution in [0.5, 0.6) is 0 Å². The lowest BCUT2D eigenvalue weighted by molar-refractivity contribution is 0.602. The van der Waals surface area contributed by atoms with Gasteiger partial charge in [-0.15, -0.1) is 11.3 Å². The van der Waals surface area contributed by atoms with E-state index in [1.54, 1.807) is 11.3 Å². The quantitative estimate of drug-likeness (QED) is 0.827. The lowest BCUT2D eigenvalue weighted by Crippen LogP contribution is -2.12. The van der Waals surface area contributed by atoms with E-state index in [2.05, 4.69) is 44.9 Å². The lowest BCUT2D eigenvalue weighted by Gasteiger charge is -2.14. The molecule has 1 rings (SSSR count). The van der Waals surface area contributed by atoms with Crippen molar-refractivity contribution < 1.29 is 0 Å². The zero-order chi connectivity index (χ0) is 10.8. The minimum absolute atomic E-state index is 0.215. The van der Waals surface area contributed by atoms with Crippen LogP contribution in [0.2, 0.25) is 0 Å². The number of anilines is 1. The van der Waals surface area contributed by atoms with Gasteiger partial charge < -0.3 is 5.32 Å². The van der Waals surface area contributed by atoms with Crippen LogP contribution in [-0.4, -0.2) is 11.0 Å². The molecule has 3 heteroatoms. The van der Waals surface area contributed by atoms with Crippen molar-refractivity contribution in [1.29, 1.82) is 0 Å². The van der Waals surface area contributed by atoms with Crippen LogP contribution in [-0.2, 0) is 5.41 Å². The third-order valence-electron chi connectivity index (χ3n) is 2.23. The molecule has 2 nitrogen and oxygen atoms in total. The molecule has 0 saturated heterocycles. The van der Waals surface area contributed by atoms with Crippen molar-refractivity contribution in [2.24, 2.45) is 0 Å². The molecule has 0 aromatic carbocycles. The van der Waals surface area contributed by atoms with E-state index in [4.69, 9.17) is 0 Å². The third kappa shape index (κ3) is 2.98. The van der Waals surface area contributed by atoms with Crippen molar-refractivity contribution >= 4 is 16.5 Å². The Morgan fingerprint density at radius 2 is 2.14 bits per heavy atom. The van der Waals surface area contributed by atoms with Crippen LogP contribution >= 0.6 is 11.3 Å². The molecule has 0 spiro atoms. The van der Waals surface area contributed by atoms with Gasteiger partial charge in [-0.05, 0) is 18.8 Å². The second-order valence-corrected chi connectivity index (χ2v) is 5.76. The van der Waals surface area contributed by atoms with Crippen molar-refractivity contribution in [2.45, 2.75) is 52.5 Å². The van der Waals surface area contributed by atoms with E-state index in [-0.39, 0.29) is 5.41 Å². The molecule has 1 N–H and O–H groups in total. The SMILES string of the molecule is CC[C@@H](C)Nc1ncc(C(C)(C)C)s1. The summed E-state index contributed by atoms with van der Waals surface area (Å²) < 4.78 is 0. The molecule has 0 bridgehead atoms. The molecule has 1 heterocycles. The smallest absolute Gasteiger partial charge is 0.183 e. The summed E-state index contributed by atoms with van der Waals surface area (Å²) in [7, 11) is 0. The van der Waals surface area contributed by atoms with Crippen molar-refractivity contribution in [1.82, 2.24) is 4.98 Å². The van der Waals surface area contributed by atoms with Gasteiger partial charge in [-0.3, -0.25) is 0 Å². The van der Waals surface area contributed by atoms with E-state index in [1.165, 1.54) is 4.88 Å². The first-order valence-corrected chi connectivity index (χ1v) is 5.98. The third-order valence-corrected chi connectivity index (χ3v) is 3.58. The second-order valence-electron chi connectivity index (χ2n) is 4.73. The van der Waals surface area contributed by atoms with Gasteiger partial charge in [-0.1, -0.05) is 27.7 Å². The number of hydrogen-bond acceptors (Lipinski definition) is 3. The molecule has 1 aromatic heterocycles. The van der Waals surface area contributed by atoms with Crippen LogP contribution in [0.3, 0.4) is 0 Å².